The summed E-state index contributed by atoms with van der Waals surface area (Å²) in [6, 6.07) is 54.0. The van der Waals surface area contributed by atoms with Gasteiger partial charge in [0.05, 0.1) is 22.5 Å². The Labute approximate surface area is 378 Å². The molecule has 0 N–H and O–H groups in total. The van der Waals surface area contributed by atoms with Crippen molar-refractivity contribution in [3.8, 4) is 39.5 Å². The summed E-state index contributed by atoms with van der Waals surface area (Å²) in [6.45, 7) is 3.71. The van der Waals surface area contributed by atoms with Crippen molar-refractivity contribution in [1.29, 1.82) is 0 Å². The fourth-order valence-electron chi connectivity index (χ4n) is 7.85. The van der Waals surface area contributed by atoms with Crippen LogP contribution in [0.2, 0.25) is 17.3 Å². The normalized spacial score (nSPS) is 13.0. The van der Waals surface area contributed by atoms with Crippen molar-refractivity contribution < 1.29 is 25.6 Å². The Kier molecular flexibility index (Phi) is 10.4. The predicted octanol–water partition coefficient (Wildman–Crippen LogP) is 13.9. The standard InChI is InChI=1S/C35H22N3S.C18H24GeN.Ir/c1-22-18-20-28-27-14-9-15-29(33(27)39-35(28)36-22)34-37-30-16-7-8-17-31(30)38(34)32-25-13-6-5-12-24(25)19-21-26(32)23-10-3-2-4-11-23;1-13(2)16-11-18(15-9-7-14(3)8-10-15)20-12-17(16)19(4,5)6;/h2-14,16-21H,1H3;7-9,11-13H,1-6H3;/q2*-1;/i;3D3,13D;. The molecule has 10 rings (SSSR count). The van der Waals surface area contributed by atoms with E-state index in [4.69, 9.17) is 15.5 Å². The number of aromatic nitrogens is 4. The van der Waals surface area contributed by atoms with Crippen LogP contribution in [0.25, 0.3) is 81.6 Å². The molecule has 0 spiro atoms. The smallest absolute Gasteiger partial charge is 0 e. The van der Waals surface area contributed by atoms with Gasteiger partial charge in [-0.2, -0.15) is 11.3 Å². The van der Waals surface area contributed by atoms with E-state index in [1.54, 1.807) is 23.5 Å². The summed E-state index contributed by atoms with van der Waals surface area (Å²) in [4.78, 5) is 15.7. The fraction of sp³-hybridized carbons (Fsp3) is 0.151. The van der Waals surface area contributed by atoms with Gasteiger partial charge in [0, 0.05) is 36.7 Å². The Morgan fingerprint density at radius 3 is 2.33 bits per heavy atom. The van der Waals surface area contributed by atoms with Gasteiger partial charge in [-0.15, -0.1) is 18.2 Å². The third kappa shape index (κ3) is 7.90. The number of imidazole rings is 1. The van der Waals surface area contributed by atoms with Crippen LogP contribution in [0.4, 0.5) is 0 Å². The number of aryl methyl sites for hydroxylation is 2. The summed E-state index contributed by atoms with van der Waals surface area (Å²) in [6.07, 6.45) is 1.91. The van der Waals surface area contributed by atoms with Gasteiger partial charge in [-0.1, -0.05) is 95.9 Å². The number of nitrogens with zero attached hydrogens (tertiary/aromatic N) is 4. The number of pyridine rings is 2. The zero-order valence-corrected chi connectivity index (χ0v) is 39.7. The molecule has 1 radical (unpaired) electrons. The SMILES string of the molecule is Cc1ccc2c(n1)sc1c(-c3nc4ccccc4n3-c3c(-c4ccccc4)ccc4ccccc34)[c-]ccc12.[2H]C([2H])([2H])c1c[c-]c(-c2cc(C([2H])(C)C)[c]([Ge]([CH3])([CH3])[CH3])cn2)cc1.[Ir]. The topological polar surface area (TPSA) is 43.6 Å². The molecule has 10 aromatic rings. The first-order valence-corrected chi connectivity index (χ1v) is 28.0. The second-order valence-corrected chi connectivity index (χ2v) is 27.7. The molecule has 4 aromatic heterocycles. The number of fused-ring (bicyclic) bond motifs is 5. The van der Waals surface area contributed by atoms with Crippen molar-refractivity contribution in [3.63, 3.8) is 0 Å². The largest absolute Gasteiger partial charge is 0 e. The van der Waals surface area contributed by atoms with Crippen molar-refractivity contribution >= 4 is 71.1 Å². The average Bonchev–Trinajstić information content (AvgIpc) is 3.83. The Morgan fingerprint density at radius 2 is 1.57 bits per heavy atom. The summed E-state index contributed by atoms with van der Waals surface area (Å²) in [5, 5.41) is 4.74. The van der Waals surface area contributed by atoms with E-state index in [-0.39, 0.29) is 25.7 Å². The van der Waals surface area contributed by atoms with Crippen molar-refractivity contribution in [2.45, 2.75) is 50.8 Å². The van der Waals surface area contributed by atoms with Gasteiger partial charge in [-0.3, -0.25) is 4.98 Å². The second-order valence-electron chi connectivity index (χ2n) is 16.2. The fourth-order valence-corrected chi connectivity index (χ4v) is 12.4. The Hall–Kier alpha value is -5.24. The molecule has 60 heavy (non-hydrogen) atoms. The maximum absolute atomic E-state index is 8.49. The van der Waals surface area contributed by atoms with E-state index in [0.717, 1.165) is 60.2 Å². The van der Waals surface area contributed by atoms with Crippen LogP contribution >= 0.6 is 11.3 Å². The summed E-state index contributed by atoms with van der Waals surface area (Å²) in [5.74, 6) is 7.07. The van der Waals surface area contributed by atoms with E-state index in [9.17, 15) is 0 Å². The Morgan fingerprint density at radius 1 is 0.783 bits per heavy atom. The van der Waals surface area contributed by atoms with Crippen LogP contribution in [-0.2, 0) is 20.1 Å². The van der Waals surface area contributed by atoms with Gasteiger partial charge in [-0.05, 0) is 46.2 Å². The molecule has 0 saturated carbocycles. The third-order valence-electron chi connectivity index (χ3n) is 10.8. The molecule has 0 saturated heterocycles. The Balaban J connectivity index is 0.000000194. The monoisotopic (exact) mass is 1040 g/mol. The first-order valence-electron chi connectivity index (χ1n) is 21.9. The van der Waals surface area contributed by atoms with Crippen molar-refractivity contribution in [2.75, 3.05) is 0 Å². The molecule has 299 valence electrons. The minimum absolute atomic E-state index is 0. The van der Waals surface area contributed by atoms with Gasteiger partial charge >= 0.3 is 131 Å². The van der Waals surface area contributed by atoms with Crippen LogP contribution in [0.3, 0.4) is 0 Å². The van der Waals surface area contributed by atoms with Gasteiger partial charge in [-0.25, -0.2) is 4.98 Å². The summed E-state index contributed by atoms with van der Waals surface area (Å²) in [7, 11) is 0. The molecule has 0 aliphatic heterocycles. The van der Waals surface area contributed by atoms with E-state index < -0.39 is 26.0 Å². The zero-order valence-electron chi connectivity index (χ0n) is 38.4. The van der Waals surface area contributed by atoms with Gasteiger partial charge in [0.25, 0.3) is 0 Å². The van der Waals surface area contributed by atoms with Crippen LogP contribution < -0.4 is 4.40 Å². The molecule has 4 heterocycles. The van der Waals surface area contributed by atoms with E-state index in [2.05, 4.69) is 148 Å². The molecule has 0 bridgehead atoms. The molecule has 0 amide bonds. The zero-order chi connectivity index (χ0) is 44.3. The van der Waals surface area contributed by atoms with Gasteiger partial charge in [0.2, 0.25) is 0 Å². The van der Waals surface area contributed by atoms with Gasteiger partial charge < -0.3 is 4.57 Å². The number of hydrogen-bond donors (Lipinski definition) is 0. The molecule has 0 fully saturated rings. The van der Waals surface area contributed by atoms with Crippen molar-refractivity contribution in [3.05, 3.63) is 175 Å². The number of thiophene rings is 1. The minimum atomic E-state index is -2.14. The third-order valence-corrected chi connectivity index (χ3v) is 16.1. The van der Waals surface area contributed by atoms with E-state index in [0.29, 0.717) is 0 Å². The second kappa shape index (κ2) is 17.0. The average molecular weight is 1040 g/mol. The molecular formula is C53H46GeIrN4S-2. The quantitative estimate of drug-likeness (QED) is 0.123. The number of hydrogen-bond acceptors (Lipinski definition) is 4. The number of benzene rings is 6. The molecule has 4 nitrogen and oxygen atoms in total. The first-order chi connectivity index (χ1) is 30.1. The summed E-state index contributed by atoms with van der Waals surface area (Å²) in [5.41, 5.74) is 10.3. The Bertz CT molecular complexity index is 3310. The van der Waals surface area contributed by atoms with Crippen LogP contribution in [-0.4, -0.2) is 32.8 Å². The van der Waals surface area contributed by atoms with Crippen molar-refractivity contribution in [1.82, 2.24) is 19.5 Å². The maximum atomic E-state index is 8.49. The molecule has 0 aliphatic carbocycles. The van der Waals surface area contributed by atoms with Crippen LogP contribution in [0.15, 0.2) is 146 Å². The first kappa shape index (κ1) is 36.6. The summed E-state index contributed by atoms with van der Waals surface area (Å²) >= 11 is -0.421. The van der Waals surface area contributed by atoms with E-state index >= 15 is 0 Å². The van der Waals surface area contributed by atoms with Crippen molar-refractivity contribution in [2.24, 2.45) is 0 Å². The number of para-hydroxylation sites is 2. The number of rotatable bonds is 6. The van der Waals surface area contributed by atoms with Crippen LogP contribution in [0.1, 0.15) is 42.0 Å². The van der Waals surface area contributed by atoms with Crippen LogP contribution in [0.5, 0.6) is 0 Å². The molecular weight excluding hydrogens is 990 g/mol. The van der Waals surface area contributed by atoms with E-state index in [1.165, 1.54) is 43.1 Å². The molecule has 6 aromatic carbocycles. The van der Waals surface area contributed by atoms with Gasteiger partial charge in [0.1, 0.15) is 4.83 Å². The molecule has 0 aliphatic rings. The predicted molar refractivity (Wildman–Crippen MR) is 254 cm³/mol. The molecule has 7 heteroatoms. The van der Waals surface area contributed by atoms with Crippen LogP contribution in [0, 0.1) is 25.9 Å². The van der Waals surface area contributed by atoms with E-state index in [1.807, 2.05) is 39.1 Å². The van der Waals surface area contributed by atoms with Gasteiger partial charge in [0.15, 0.2) is 0 Å². The molecule has 0 atom stereocenters. The summed E-state index contributed by atoms with van der Waals surface area (Å²) < 4.78 is 35.5. The minimum Gasteiger partial charge on any atom is 0 e. The molecule has 0 unspecified atom stereocenters. The maximum Gasteiger partial charge on any atom is 0 e.